The van der Waals surface area contributed by atoms with Gasteiger partial charge >= 0.3 is 0 Å². The summed E-state index contributed by atoms with van der Waals surface area (Å²) in [5.74, 6) is 0. The van der Waals surface area contributed by atoms with E-state index < -0.39 is 0 Å². The van der Waals surface area contributed by atoms with Gasteiger partial charge in [-0.1, -0.05) is 12.8 Å². The second-order valence-electron chi connectivity index (χ2n) is 6.47. The Balaban J connectivity index is 1.44. The molecule has 0 aromatic rings. The summed E-state index contributed by atoms with van der Waals surface area (Å²) in [5.41, 5.74) is 0.761. The first-order valence-electron chi connectivity index (χ1n) is 7.20. The Morgan fingerprint density at radius 2 is 1.50 bits per heavy atom. The highest BCUT2D eigenvalue weighted by Crippen LogP contribution is 2.49. The van der Waals surface area contributed by atoms with Crippen molar-refractivity contribution >= 4 is 0 Å². The van der Waals surface area contributed by atoms with Crippen LogP contribution in [0, 0.1) is 5.41 Å². The van der Waals surface area contributed by atoms with E-state index in [1.54, 1.807) is 0 Å². The molecule has 0 aliphatic heterocycles. The number of hydrogen-bond acceptors (Lipinski definition) is 2. The molecule has 0 aromatic carbocycles. The van der Waals surface area contributed by atoms with Crippen LogP contribution in [0.25, 0.3) is 0 Å². The lowest BCUT2D eigenvalue weighted by molar-refractivity contribution is 0.0501. The molecule has 92 valence electrons. The van der Waals surface area contributed by atoms with E-state index in [0.29, 0.717) is 6.04 Å². The molecule has 16 heavy (non-hydrogen) atoms. The Bertz CT molecular complexity index is 231. The minimum absolute atomic E-state index is 0.0118. The number of hydrogen-bond donors (Lipinski definition) is 2. The van der Waals surface area contributed by atoms with E-state index >= 15 is 0 Å². The molecule has 3 aliphatic rings. The molecule has 0 heterocycles. The average molecular weight is 223 g/mol. The molecule has 3 fully saturated rings. The molecule has 0 amide bonds. The average Bonchev–Trinajstić information content (AvgIpc) is 2.68. The molecule has 3 saturated carbocycles. The molecule has 0 saturated heterocycles. The fourth-order valence-electron chi connectivity index (χ4n) is 4.08. The maximum atomic E-state index is 9.28. The van der Waals surface area contributed by atoms with Crippen molar-refractivity contribution in [1.82, 2.24) is 5.32 Å². The van der Waals surface area contributed by atoms with Crippen LogP contribution in [0.5, 0.6) is 0 Å². The topological polar surface area (TPSA) is 32.3 Å². The van der Waals surface area contributed by atoms with Crippen LogP contribution < -0.4 is 5.32 Å². The molecular formula is C14H25NO. The highest BCUT2D eigenvalue weighted by Gasteiger charge is 2.38. The summed E-state index contributed by atoms with van der Waals surface area (Å²) in [6, 6.07) is 1.38. The van der Waals surface area contributed by atoms with Crippen LogP contribution in [0.1, 0.15) is 64.2 Å². The Kier molecular flexibility index (Phi) is 2.97. The van der Waals surface area contributed by atoms with Crippen LogP contribution in [0.4, 0.5) is 0 Å². The van der Waals surface area contributed by atoms with Gasteiger partial charge in [0.2, 0.25) is 0 Å². The lowest BCUT2D eigenvalue weighted by atomic mass is 9.71. The second-order valence-corrected chi connectivity index (χ2v) is 6.47. The van der Waals surface area contributed by atoms with Crippen LogP contribution in [0.2, 0.25) is 0 Å². The van der Waals surface area contributed by atoms with Crippen LogP contribution in [-0.2, 0) is 0 Å². The van der Waals surface area contributed by atoms with Crippen molar-refractivity contribution in [2.45, 2.75) is 82.4 Å². The quantitative estimate of drug-likeness (QED) is 0.754. The highest BCUT2D eigenvalue weighted by molar-refractivity contribution is 4.94. The van der Waals surface area contributed by atoms with Crippen LogP contribution >= 0.6 is 0 Å². The van der Waals surface area contributed by atoms with Crippen LogP contribution in [0.3, 0.4) is 0 Å². The first kappa shape index (κ1) is 11.0. The first-order chi connectivity index (χ1) is 7.76. The summed E-state index contributed by atoms with van der Waals surface area (Å²) in [4.78, 5) is 0. The fourth-order valence-corrected chi connectivity index (χ4v) is 4.08. The van der Waals surface area contributed by atoms with Gasteiger partial charge in [0, 0.05) is 12.1 Å². The van der Waals surface area contributed by atoms with Crippen molar-refractivity contribution in [1.29, 1.82) is 0 Å². The first-order valence-corrected chi connectivity index (χ1v) is 7.20. The second kappa shape index (κ2) is 4.30. The molecule has 2 heteroatoms. The SMILES string of the molecule is OC1CC(NC2CCC3(CCCC3)CC2)C1. The fraction of sp³-hybridized carbons (Fsp3) is 1.00. The van der Waals surface area contributed by atoms with Gasteiger partial charge in [-0.05, 0) is 56.8 Å². The maximum Gasteiger partial charge on any atom is 0.0570 e. The third-order valence-corrected chi connectivity index (χ3v) is 5.30. The summed E-state index contributed by atoms with van der Waals surface area (Å²) in [6.45, 7) is 0. The van der Waals surface area contributed by atoms with E-state index in [-0.39, 0.29) is 6.10 Å². The largest absolute Gasteiger partial charge is 0.393 e. The zero-order valence-electron chi connectivity index (χ0n) is 10.3. The van der Waals surface area contributed by atoms with E-state index in [2.05, 4.69) is 5.32 Å². The van der Waals surface area contributed by atoms with Crippen molar-refractivity contribution in [3.05, 3.63) is 0 Å². The van der Waals surface area contributed by atoms with Crippen molar-refractivity contribution in [3.8, 4) is 0 Å². The molecule has 0 aromatic heterocycles. The zero-order valence-corrected chi connectivity index (χ0v) is 10.3. The van der Waals surface area contributed by atoms with E-state index in [4.69, 9.17) is 0 Å². The van der Waals surface area contributed by atoms with E-state index in [0.717, 1.165) is 24.3 Å². The molecule has 3 rings (SSSR count). The Morgan fingerprint density at radius 3 is 2.06 bits per heavy atom. The molecule has 2 N–H and O–H groups in total. The summed E-state index contributed by atoms with van der Waals surface area (Å²) in [6.07, 6.45) is 13.6. The predicted octanol–water partition coefficient (Wildman–Crippen LogP) is 2.60. The van der Waals surface area contributed by atoms with Crippen LogP contribution in [0.15, 0.2) is 0 Å². The van der Waals surface area contributed by atoms with Gasteiger partial charge in [0.15, 0.2) is 0 Å². The molecule has 0 bridgehead atoms. The Labute approximate surface area is 98.8 Å². The smallest absolute Gasteiger partial charge is 0.0570 e. The van der Waals surface area contributed by atoms with Gasteiger partial charge in [-0.25, -0.2) is 0 Å². The Morgan fingerprint density at radius 1 is 0.875 bits per heavy atom. The zero-order chi connectivity index (χ0) is 11.0. The highest BCUT2D eigenvalue weighted by atomic mass is 16.3. The van der Waals surface area contributed by atoms with Gasteiger partial charge in [0.25, 0.3) is 0 Å². The van der Waals surface area contributed by atoms with Crippen molar-refractivity contribution in [3.63, 3.8) is 0 Å². The van der Waals surface area contributed by atoms with E-state index in [1.807, 2.05) is 0 Å². The summed E-state index contributed by atoms with van der Waals surface area (Å²) < 4.78 is 0. The monoisotopic (exact) mass is 223 g/mol. The molecule has 1 spiro atoms. The normalized spacial score (nSPS) is 38.8. The van der Waals surface area contributed by atoms with Crippen LogP contribution in [-0.4, -0.2) is 23.3 Å². The molecule has 0 unspecified atom stereocenters. The van der Waals surface area contributed by atoms with Gasteiger partial charge in [-0.2, -0.15) is 0 Å². The van der Waals surface area contributed by atoms with Gasteiger partial charge in [-0.15, -0.1) is 0 Å². The summed E-state index contributed by atoms with van der Waals surface area (Å²) in [5, 5.41) is 13.0. The minimum Gasteiger partial charge on any atom is -0.393 e. The third-order valence-electron chi connectivity index (χ3n) is 5.30. The molecule has 0 radical (unpaired) electrons. The third kappa shape index (κ3) is 2.14. The molecule has 0 atom stereocenters. The minimum atomic E-state index is -0.0118. The summed E-state index contributed by atoms with van der Waals surface area (Å²) >= 11 is 0. The van der Waals surface area contributed by atoms with Crippen molar-refractivity contribution < 1.29 is 5.11 Å². The predicted molar refractivity (Wildman–Crippen MR) is 65.3 cm³/mol. The summed E-state index contributed by atoms with van der Waals surface area (Å²) in [7, 11) is 0. The number of rotatable bonds is 2. The van der Waals surface area contributed by atoms with Gasteiger partial charge in [0.05, 0.1) is 6.10 Å². The van der Waals surface area contributed by atoms with Crippen molar-refractivity contribution in [2.75, 3.05) is 0 Å². The standard InChI is InChI=1S/C14H25NO/c16-13-9-12(10-13)15-11-3-7-14(8-4-11)5-1-2-6-14/h11-13,15-16H,1-10H2. The number of nitrogens with one attached hydrogen (secondary N) is 1. The van der Waals surface area contributed by atoms with E-state index in [1.165, 1.54) is 51.4 Å². The van der Waals surface area contributed by atoms with E-state index in [9.17, 15) is 5.11 Å². The Hall–Kier alpha value is -0.0800. The van der Waals surface area contributed by atoms with Gasteiger partial charge in [0.1, 0.15) is 0 Å². The lowest BCUT2D eigenvalue weighted by Crippen LogP contribution is -2.50. The number of aliphatic hydroxyl groups excluding tert-OH is 1. The molecular weight excluding hydrogens is 198 g/mol. The lowest BCUT2D eigenvalue weighted by Gasteiger charge is -2.41. The van der Waals surface area contributed by atoms with Crippen molar-refractivity contribution in [2.24, 2.45) is 5.41 Å². The van der Waals surface area contributed by atoms with Gasteiger partial charge in [-0.3, -0.25) is 0 Å². The maximum absolute atomic E-state index is 9.28. The van der Waals surface area contributed by atoms with Gasteiger partial charge < -0.3 is 10.4 Å². The molecule has 2 nitrogen and oxygen atoms in total. The molecule has 3 aliphatic carbocycles. The number of aliphatic hydroxyl groups is 1.